The van der Waals surface area contributed by atoms with Crippen LogP contribution in [0.4, 0.5) is 0 Å². The second-order valence-corrected chi connectivity index (χ2v) is 5.44. The first-order valence-corrected chi connectivity index (χ1v) is 7.13. The van der Waals surface area contributed by atoms with Crippen LogP contribution >= 0.6 is 0 Å². The van der Waals surface area contributed by atoms with Gasteiger partial charge in [0.2, 0.25) is 0 Å². The van der Waals surface area contributed by atoms with Crippen molar-refractivity contribution in [2.45, 2.75) is 25.4 Å². The van der Waals surface area contributed by atoms with Crippen molar-refractivity contribution in [2.75, 3.05) is 0 Å². The maximum absolute atomic E-state index is 8.73. The molecule has 1 aliphatic rings. The molecule has 0 bridgehead atoms. The smallest absolute Gasteiger partial charge is 0.170 e. The Morgan fingerprint density at radius 2 is 1.86 bits per heavy atom. The van der Waals surface area contributed by atoms with Crippen molar-refractivity contribution < 1.29 is 5.21 Å². The Balaban J connectivity index is 1.62. The monoisotopic (exact) mass is 281 g/mol. The summed E-state index contributed by atoms with van der Waals surface area (Å²) in [6.45, 7) is 0.783. The zero-order valence-corrected chi connectivity index (χ0v) is 11.8. The van der Waals surface area contributed by atoms with E-state index in [0.29, 0.717) is 6.04 Å². The first-order chi connectivity index (χ1) is 10.3. The zero-order valence-electron chi connectivity index (χ0n) is 11.8. The van der Waals surface area contributed by atoms with Crippen LogP contribution in [0.25, 0.3) is 0 Å². The molecule has 0 unspecified atom stereocenters. The number of rotatable bonds is 4. The number of hydrogen-bond donors (Lipinski definition) is 3. The predicted octanol–water partition coefficient (Wildman–Crippen LogP) is 2.04. The fraction of sp³-hybridized carbons (Fsp3) is 0.235. The van der Waals surface area contributed by atoms with Crippen LogP contribution in [-0.4, -0.2) is 17.1 Å². The fourth-order valence-corrected chi connectivity index (χ4v) is 2.86. The Morgan fingerprint density at radius 3 is 2.52 bits per heavy atom. The van der Waals surface area contributed by atoms with Gasteiger partial charge in [0.15, 0.2) is 5.84 Å². The molecule has 0 amide bonds. The van der Waals surface area contributed by atoms with Gasteiger partial charge in [-0.15, -0.1) is 0 Å². The second kappa shape index (κ2) is 5.97. The average molecular weight is 281 g/mol. The minimum absolute atomic E-state index is 0.144. The minimum atomic E-state index is 0.144. The summed E-state index contributed by atoms with van der Waals surface area (Å²) >= 11 is 0. The highest BCUT2D eigenvalue weighted by molar-refractivity contribution is 5.97. The normalized spacial score (nSPS) is 15.1. The molecule has 4 heteroatoms. The number of benzene rings is 2. The van der Waals surface area contributed by atoms with Gasteiger partial charge >= 0.3 is 0 Å². The molecular formula is C17H19N3O. The van der Waals surface area contributed by atoms with Crippen molar-refractivity contribution in [3.63, 3.8) is 0 Å². The molecule has 2 aromatic carbocycles. The first-order valence-electron chi connectivity index (χ1n) is 7.13. The molecule has 0 aromatic heterocycles. The Labute approximate surface area is 124 Å². The van der Waals surface area contributed by atoms with Gasteiger partial charge in [0.1, 0.15) is 0 Å². The molecule has 4 nitrogen and oxygen atoms in total. The molecule has 3 rings (SSSR count). The molecule has 0 saturated carbocycles. The predicted molar refractivity (Wildman–Crippen MR) is 83.4 cm³/mol. The zero-order chi connectivity index (χ0) is 14.7. The maximum atomic E-state index is 8.73. The van der Waals surface area contributed by atoms with Crippen LogP contribution in [0.3, 0.4) is 0 Å². The Kier molecular flexibility index (Phi) is 3.88. The molecular weight excluding hydrogens is 262 g/mol. The van der Waals surface area contributed by atoms with E-state index < -0.39 is 0 Å². The largest absolute Gasteiger partial charge is 0.409 e. The van der Waals surface area contributed by atoms with Crippen molar-refractivity contribution in [3.8, 4) is 0 Å². The maximum Gasteiger partial charge on any atom is 0.170 e. The highest BCUT2D eigenvalue weighted by Crippen LogP contribution is 2.21. The van der Waals surface area contributed by atoms with E-state index in [-0.39, 0.29) is 5.84 Å². The lowest BCUT2D eigenvalue weighted by Crippen LogP contribution is -2.29. The Bertz CT molecular complexity index is 642. The van der Waals surface area contributed by atoms with Crippen molar-refractivity contribution in [3.05, 3.63) is 70.8 Å². The molecule has 108 valence electrons. The van der Waals surface area contributed by atoms with Gasteiger partial charge in [-0.25, -0.2) is 0 Å². The number of amidine groups is 1. The van der Waals surface area contributed by atoms with Crippen molar-refractivity contribution in [1.29, 1.82) is 0 Å². The summed E-state index contributed by atoms with van der Waals surface area (Å²) in [7, 11) is 0. The molecule has 0 aliphatic heterocycles. The number of nitrogens with zero attached hydrogens (tertiary/aromatic N) is 1. The lowest BCUT2D eigenvalue weighted by molar-refractivity contribution is 0.318. The summed E-state index contributed by atoms with van der Waals surface area (Å²) in [6.07, 6.45) is 2.16. The van der Waals surface area contributed by atoms with Crippen LogP contribution in [-0.2, 0) is 19.4 Å². The van der Waals surface area contributed by atoms with Gasteiger partial charge in [0, 0.05) is 18.2 Å². The van der Waals surface area contributed by atoms with Gasteiger partial charge < -0.3 is 16.3 Å². The molecule has 0 radical (unpaired) electrons. The topological polar surface area (TPSA) is 70.6 Å². The number of nitrogens with two attached hydrogens (primary N) is 1. The lowest BCUT2D eigenvalue weighted by atomic mass is 10.1. The van der Waals surface area contributed by atoms with E-state index in [1.807, 2.05) is 24.3 Å². The fourth-order valence-electron chi connectivity index (χ4n) is 2.86. The van der Waals surface area contributed by atoms with Crippen LogP contribution in [0.2, 0.25) is 0 Å². The van der Waals surface area contributed by atoms with E-state index >= 15 is 0 Å². The molecule has 0 fully saturated rings. The number of hydrogen-bond acceptors (Lipinski definition) is 3. The average Bonchev–Trinajstić information content (AvgIpc) is 2.95. The van der Waals surface area contributed by atoms with E-state index in [1.54, 1.807) is 0 Å². The summed E-state index contributed by atoms with van der Waals surface area (Å²) in [6, 6.07) is 16.8. The minimum Gasteiger partial charge on any atom is -0.409 e. The van der Waals surface area contributed by atoms with Crippen molar-refractivity contribution in [2.24, 2.45) is 10.9 Å². The highest BCUT2D eigenvalue weighted by atomic mass is 16.4. The second-order valence-electron chi connectivity index (χ2n) is 5.44. The SMILES string of the molecule is N/C(=N/O)c1cccc(CNC2Cc3ccccc3C2)c1. The van der Waals surface area contributed by atoms with Gasteiger partial charge in [-0.2, -0.15) is 0 Å². The third-order valence-electron chi connectivity index (χ3n) is 3.98. The van der Waals surface area contributed by atoms with Crippen LogP contribution in [0.15, 0.2) is 53.7 Å². The molecule has 2 aromatic rings. The third-order valence-corrected chi connectivity index (χ3v) is 3.98. The molecule has 0 heterocycles. The van der Waals surface area contributed by atoms with Crippen LogP contribution < -0.4 is 11.1 Å². The number of nitrogens with one attached hydrogen (secondary N) is 1. The van der Waals surface area contributed by atoms with Gasteiger partial charge in [-0.3, -0.25) is 0 Å². The molecule has 21 heavy (non-hydrogen) atoms. The van der Waals surface area contributed by atoms with E-state index in [0.717, 1.165) is 30.5 Å². The van der Waals surface area contributed by atoms with E-state index in [2.05, 4.69) is 34.7 Å². The van der Waals surface area contributed by atoms with Crippen molar-refractivity contribution >= 4 is 5.84 Å². The molecule has 0 spiro atoms. The summed E-state index contributed by atoms with van der Waals surface area (Å²) < 4.78 is 0. The van der Waals surface area contributed by atoms with E-state index in [4.69, 9.17) is 10.9 Å². The number of fused-ring (bicyclic) bond motifs is 1. The third kappa shape index (κ3) is 3.06. The van der Waals surface area contributed by atoms with Gasteiger partial charge in [0.05, 0.1) is 0 Å². The van der Waals surface area contributed by atoms with E-state index in [9.17, 15) is 0 Å². The Hall–Kier alpha value is -2.33. The summed E-state index contributed by atoms with van der Waals surface area (Å²) in [5.41, 5.74) is 10.4. The summed E-state index contributed by atoms with van der Waals surface area (Å²) in [4.78, 5) is 0. The van der Waals surface area contributed by atoms with Gasteiger partial charge in [-0.1, -0.05) is 47.6 Å². The first kappa shape index (κ1) is 13.6. The van der Waals surface area contributed by atoms with E-state index in [1.165, 1.54) is 11.1 Å². The summed E-state index contributed by atoms with van der Waals surface area (Å²) in [5.74, 6) is 0.144. The highest BCUT2D eigenvalue weighted by Gasteiger charge is 2.20. The summed E-state index contributed by atoms with van der Waals surface area (Å²) in [5, 5.41) is 15.4. The van der Waals surface area contributed by atoms with Crippen LogP contribution in [0.5, 0.6) is 0 Å². The quantitative estimate of drug-likeness (QED) is 0.347. The van der Waals surface area contributed by atoms with Crippen LogP contribution in [0, 0.1) is 0 Å². The molecule has 4 N–H and O–H groups in total. The van der Waals surface area contributed by atoms with Crippen molar-refractivity contribution in [1.82, 2.24) is 5.32 Å². The molecule has 1 aliphatic carbocycles. The molecule has 0 atom stereocenters. The standard InChI is InChI=1S/C17H19N3O/c18-17(20-21)15-7-3-4-12(8-15)11-19-16-9-13-5-1-2-6-14(13)10-16/h1-8,16,19,21H,9-11H2,(H2,18,20). The van der Waals surface area contributed by atoms with Gasteiger partial charge in [-0.05, 0) is 35.6 Å². The number of oxime groups is 1. The molecule has 0 saturated heterocycles. The lowest BCUT2D eigenvalue weighted by Gasteiger charge is -2.12. The Morgan fingerprint density at radius 1 is 1.14 bits per heavy atom. The van der Waals surface area contributed by atoms with Crippen LogP contribution in [0.1, 0.15) is 22.3 Å². The van der Waals surface area contributed by atoms with Gasteiger partial charge in [0.25, 0.3) is 0 Å².